The van der Waals surface area contributed by atoms with Crippen molar-refractivity contribution in [3.8, 4) is 0 Å². The number of nitrogens with one attached hydrogen (secondary N) is 3. The van der Waals surface area contributed by atoms with E-state index in [1.165, 1.54) is 18.3 Å². The quantitative estimate of drug-likeness (QED) is 0.375. The van der Waals surface area contributed by atoms with E-state index in [2.05, 4.69) is 25.6 Å². The highest BCUT2D eigenvalue weighted by molar-refractivity contribution is 6.30. The van der Waals surface area contributed by atoms with Gasteiger partial charge in [0.1, 0.15) is 22.7 Å². The van der Waals surface area contributed by atoms with E-state index in [1.807, 2.05) is 6.07 Å². The van der Waals surface area contributed by atoms with Gasteiger partial charge in [0.2, 0.25) is 5.91 Å². The molecule has 0 aliphatic carbocycles. The largest absolute Gasteiger partial charge is 0.350 e. The van der Waals surface area contributed by atoms with Crippen molar-refractivity contribution in [2.45, 2.75) is 19.0 Å². The topological polar surface area (TPSA) is 99.8 Å². The van der Waals surface area contributed by atoms with Gasteiger partial charge in [-0.05, 0) is 41.5 Å². The summed E-state index contributed by atoms with van der Waals surface area (Å²) in [5.41, 5.74) is 2.46. The zero-order valence-electron chi connectivity index (χ0n) is 16.8. The van der Waals surface area contributed by atoms with Crippen LogP contribution in [0.1, 0.15) is 21.6 Å². The van der Waals surface area contributed by atoms with Gasteiger partial charge in [0.25, 0.3) is 5.91 Å². The molecule has 0 spiro atoms. The first-order valence-electron chi connectivity index (χ1n) is 9.84. The number of pyridine rings is 2. The Balaban J connectivity index is 1.51. The third-order valence-corrected chi connectivity index (χ3v) is 5.09. The van der Waals surface area contributed by atoms with Crippen molar-refractivity contribution in [1.29, 1.82) is 0 Å². The van der Waals surface area contributed by atoms with E-state index in [-0.39, 0.29) is 30.4 Å². The average molecular weight is 452 g/mol. The van der Waals surface area contributed by atoms with Crippen LogP contribution in [0.2, 0.25) is 5.15 Å². The smallest absolute Gasteiger partial charge is 0.268 e. The van der Waals surface area contributed by atoms with E-state index in [0.717, 1.165) is 10.9 Å². The number of hydrogen-bond acceptors (Lipinski definition) is 4. The second-order valence-corrected chi connectivity index (χ2v) is 7.60. The van der Waals surface area contributed by atoms with E-state index in [9.17, 15) is 14.0 Å². The van der Waals surface area contributed by atoms with Crippen molar-refractivity contribution in [3.05, 3.63) is 94.9 Å². The molecule has 0 saturated carbocycles. The van der Waals surface area contributed by atoms with Gasteiger partial charge in [-0.15, -0.1) is 0 Å². The maximum Gasteiger partial charge on any atom is 0.268 e. The minimum Gasteiger partial charge on any atom is -0.350 e. The van der Waals surface area contributed by atoms with Gasteiger partial charge in [0, 0.05) is 30.7 Å². The number of aromatic nitrogens is 3. The lowest BCUT2D eigenvalue weighted by Crippen LogP contribution is -2.48. The van der Waals surface area contributed by atoms with Crippen molar-refractivity contribution in [3.63, 3.8) is 0 Å². The Morgan fingerprint density at radius 2 is 1.91 bits per heavy atom. The summed E-state index contributed by atoms with van der Waals surface area (Å²) in [5.74, 6) is -1.20. The van der Waals surface area contributed by atoms with Crippen LogP contribution in [-0.2, 0) is 17.8 Å². The van der Waals surface area contributed by atoms with Crippen molar-refractivity contribution < 1.29 is 14.0 Å². The molecule has 0 bridgehead atoms. The predicted molar refractivity (Wildman–Crippen MR) is 119 cm³/mol. The van der Waals surface area contributed by atoms with Crippen LogP contribution in [0.3, 0.4) is 0 Å². The Morgan fingerprint density at radius 3 is 2.66 bits per heavy atom. The molecule has 9 heteroatoms. The lowest BCUT2D eigenvalue weighted by Gasteiger charge is -2.18. The van der Waals surface area contributed by atoms with Crippen LogP contribution in [0.15, 0.2) is 67.1 Å². The summed E-state index contributed by atoms with van der Waals surface area (Å²) >= 11 is 5.91. The number of carbonyl (C=O) groups is 2. The first-order valence-corrected chi connectivity index (χ1v) is 10.2. The Hall–Kier alpha value is -3.78. The molecule has 2 amide bonds. The van der Waals surface area contributed by atoms with Crippen molar-refractivity contribution in [1.82, 2.24) is 25.6 Å². The second-order valence-electron chi connectivity index (χ2n) is 7.21. The molecule has 0 aliphatic heterocycles. The number of halogens is 2. The van der Waals surface area contributed by atoms with Crippen LogP contribution in [0.25, 0.3) is 10.9 Å². The van der Waals surface area contributed by atoms with Crippen molar-refractivity contribution >= 4 is 34.3 Å². The molecule has 3 heterocycles. The van der Waals surface area contributed by atoms with E-state index in [0.29, 0.717) is 16.2 Å². The summed E-state index contributed by atoms with van der Waals surface area (Å²) in [6, 6.07) is 11.8. The molecule has 0 aliphatic rings. The summed E-state index contributed by atoms with van der Waals surface area (Å²) in [6.45, 7) is 0.263. The molecular formula is C23H19ClFN5O2. The Labute approximate surface area is 188 Å². The first kappa shape index (κ1) is 21.5. The van der Waals surface area contributed by atoms with Gasteiger partial charge < -0.3 is 15.6 Å². The molecule has 0 unspecified atom stereocenters. The van der Waals surface area contributed by atoms with Gasteiger partial charge in [-0.1, -0.05) is 29.8 Å². The number of benzene rings is 1. The van der Waals surface area contributed by atoms with Crippen molar-refractivity contribution in [2.24, 2.45) is 0 Å². The van der Waals surface area contributed by atoms with E-state index in [1.54, 1.807) is 42.7 Å². The lowest BCUT2D eigenvalue weighted by atomic mass is 10.0. The fraction of sp³-hybridized carbons (Fsp3) is 0.130. The van der Waals surface area contributed by atoms with E-state index < -0.39 is 11.9 Å². The Morgan fingerprint density at radius 1 is 1.09 bits per heavy atom. The lowest BCUT2D eigenvalue weighted by molar-refractivity contribution is -0.123. The molecule has 0 saturated heterocycles. The minimum absolute atomic E-state index is 0.193. The van der Waals surface area contributed by atoms with Crippen molar-refractivity contribution in [2.75, 3.05) is 0 Å². The minimum atomic E-state index is -0.877. The summed E-state index contributed by atoms with van der Waals surface area (Å²) < 4.78 is 13.3. The predicted octanol–water partition coefficient (Wildman–Crippen LogP) is 3.41. The highest BCUT2D eigenvalue weighted by Crippen LogP contribution is 2.18. The molecular weight excluding hydrogens is 433 g/mol. The number of hydrogen-bond donors (Lipinski definition) is 3. The van der Waals surface area contributed by atoms with Crippen LogP contribution < -0.4 is 10.6 Å². The molecule has 0 fully saturated rings. The molecule has 32 heavy (non-hydrogen) atoms. The van der Waals surface area contributed by atoms with Crippen LogP contribution in [0.5, 0.6) is 0 Å². The molecule has 7 nitrogen and oxygen atoms in total. The summed E-state index contributed by atoms with van der Waals surface area (Å²) in [6.07, 6.45) is 5.02. The molecule has 4 aromatic rings. The fourth-order valence-corrected chi connectivity index (χ4v) is 3.41. The number of rotatable bonds is 7. The molecule has 0 radical (unpaired) electrons. The maximum absolute atomic E-state index is 13.3. The zero-order valence-corrected chi connectivity index (χ0v) is 17.6. The van der Waals surface area contributed by atoms with Crippen LogP contribution in [0, 0.1) is 5.82 Å². The van der Waals surface area contributed by atoms with Gasteiger partial charge in [-0.3, -0.25) is 14.6 Å². The number of amides is 2. The summed E-state index contributed by atoms with van der Waals surface area (Å²) in [7, 11) is 0. The second kappa shape index (κ2) is 9.57. The molecule has 3 N–H and O–H groups in total. The molecule has 162 valence electrons. The molecule has 1 atom stereocenters. The maximum atomic E-state index is 13.3. The fourth-order valence-electron chi connectivity index (χ4n) is 3.24. The van der Waals surface area contributed by atoms with E-state index >= 15 is 0 Å². The summed E-state index contributed by atoms with van der Waals surface area (Å²) in [5, 5.41) is 6.62. The Bertz CT molecular complexity index is 1240. The number of aromatic amines is 1. The zero-order chi connectivity index (χ0) is 22.5. The monoisotopic (exact) mass is 451 g/mol. The highest BCUT2D eigenvalue weighted by Gasteiger charge is 2.23. The molecule has 3 aromatic heterocycles. The SMILES string of the molecule is O=C(N[C@@H](Cc1ccc(F)cc1)C(=O)NCc1cccnc1)c1cc2cc(Cl)ncc2[nH]1. The van der Waals surface area contributed by atoms with Gasteiger partial charge in [0.05, 0.1) is 11.7 Å². The number of carbonyl (C=O) groups excluding carboxylic acids is 2. The van der Waals surface area contributed by atoms with Crippen LogP contribution in [0.4, 0.5) is 4.39 Å². The first-order chi connectivity index (χ1) is 15.5. The van der Waals surface area contributed by atoms with Crippen LogP contribution in [-0.4, -0.2) is 32.8 Å². The molecule has 1 aromatic carbocycles. The normalized spacial score (nSPS) is 11.8. The standard InChI is InChI=1S/C23H19ClFN5O2/c24-21-10-16-9-19(29-20(16)13-27-21)23(32)30-18(8-14-3-5-17(25)6-4-14)22(31)28-12-15-2-1-7-26-11-15/h1-7,9-11,13,18,29H,8,12H2,(H,28,31)(H,30,32)/t18-/m0/s1. The van der Waals surface area contributed by atoms with Gasteiger partial charge in [0.15, 0.2) is 0 Å². The summed E-state index contributed by atoms with van der Waals surface area (Å²) in [4.78, 5) is 36.8. The van der Waals surface area contributed by atoms with Crippen LogP contribution >= 0.6 is 11.6 Å². The third kappa shape index (κ3) is 5.28. The molecule has 4 rings (SSSR count). The third-order valence-electron chi connectivity index (χ3n) is 4.88. The highest BCUT2D eigenvalue weighted by atomic mass is 35.5. The Kier molecular flexibility index (Phi) is 6.42. The number of H-pyrrole nitrogens is 1. The number of fused-ring (bicyclic) bond motifs is 1. The van der Waals surface area contributed by atoms with E-state index in [4.69, 9.17) is 11.6 Å². The average Bonchev–Trinajstić information content (AvgIpc) is 3.22. The van der Waals surface area contributed by atoms with Gasteiger partial charge in [-0.2, -0.15) is 0 Å². The van der Waals surface area contributed by atoms with Gasteiger partial charge >= 0.3 is 0 Å². The number of nitrogens with zero attached hydrogens (tertiary/aromatic N) is 2. The van der Waals surface area contributed by atoms with Gasteiger partial charge in [-0.25, -0.2) is 9.37 Å².